The standard InChI is InChI=1S/C18H16N4O2/c1-12-6-8-15(19-11-12)21-17(23)10-18(24)22-16-9-7-13-4-2-3-5-14(13)20-16/h2-9,11H,10H2,1H3,(H,19,21,23)(H,20,22,24). The van der Waals surface area contributed by atoms with Crippen LogP contribution in [0.2, 0.25) is 0 Å². The number of rotatable bonds is 4. The summed E-state index contributed by atoms with van der Waals surface area (Å²) in [6.45, 7) is 1.91. The van der Waals surface area contributed by atoms with Crippen molar-refractivity contribution < 1.29 is 9.59 Å². The van der Waals surface area contributed by atoms with Crippen LogP contribution in [0.5, 0.6) is 0 Å². The lowest BCUT2D eigenvalue weighted by molar-refractivity contribution is -0.123. The van der Waals surface area contributed by atoms with E-state index in [1.54, 1.807) is 18.3 Å². The summed E-state index contributed by atoms with van der Waals surface area (Å²) in [4.78, 5) is 32.3. The molecule has 3 aromatic rings. The number of nitrogens with zero attached hydrogens (tertiary/aromatic N) is 2. The first-order valence-electron chi connectivity index (χ1n) is 7.48. The van der Waals surface area contributed by atoms with Gasteiger partial charge < -0.3 is 10.6 Å². The average molecular weight is 320 g/mol. The van der Waals surface area contributed by atoms with Crippen LogP contribution < -0.4 is 10.6 Å². The molecule has 3 rings (SSSR count). The average Bonchev–Trinajstić information content (AvgIpc) is 2.56. The van der Waals surface area contributed by atoms with Gasteiger partial charge in [-0.2, -0.15) is 0 Å². The molecule has 0 aliphatic rings. The van der Waals surface area contributed by atoms with Gasteiger partial charge in [-0.3, -0.25) is 9.59 Å². The molecular formula is C18H16N4O2. The minimum Gasteiger partial charge on any atom is -0.310 e. The maximum atomic E-state index is 12.0. The van der Waals surface area contributed by atoms with Crippen molar-refractivity contribution in [2.45, 2.75) is 13.3 Å². The van der Waals surface area contributed by atoms with Crippen molar-refractivity contribution in [3.05, 3.63) is 60.3 Å². The zero-order valence-corrected chi connectivity index (χ0v) is 13.1. The van der Waals surface area contributed by atoms with E-state index < -0.39 is 11.8 Å². The van der Waals surface area contributed by atoms with Crippen molar-refractivity contribution in [2.75, 3.05) is 10.6 Å². The Morgan fingerprint density at radius 1 is 0.917 bits per heavy atom. The highest BCUT2D eigenvalue weighted by Gasteiger charge is 2.11. The van der Waals surface area contributed by atoms with Gasteiger partial charge in [0.1, 0.15) is 18.1 Å². The zero-order valence-electron chi connectivity index (χ0n) is 13.1. The Morgan fingerprint density at radius 2 is 1.62 bits per heavy atom. The van der Waals surface area contributed by atoms with Crippen LogP contribution in [0.4, 0.5) is 11.6 Å². The topological polar surface area (TPSA) is 84.0 Å². The lowest BCUT2D eigenvalue weighted by atomic mass is 10.2. The Morgan fingerprint density at radius 3 is 2.38 bits per heavy atom. The summed E-state index contributed by atoms with van der Waals surface area (Å²) in [6.07, 6.45) is 1.35. The second kappa shape index (κ2) is 6.87. The number of nitrogens with one attached hydrogen (secondary N) is 2. The van der Waals surface area contributed by atoms with E-state index in [0.29, 0.717) is 11.6 Å². The molecule has 2 amide bonds. The van der Waals surface area contributed by atoms with Gasteiger partial charge in [-0.1, -0.05) is 24.3 Å². The molecule has 0 aliphatic heterocycles. The van der Waals surface area contributed by atoms with Crippen molar-refractivity contribution in [3.8, 4) is 0 Å². The molecule has 2 aromatic heterocycles. The number of hydrogen-bond acceptors (Lipinski definition) is 4. The predicted octanol–water partition coefficient (Wildman–Crippen LogP) is 2.91. The molecule has 0 aliphatic carbocycles. The van der Waals surface area contributed by atoms with E-state index in [2.05, 4.69) is 20.6 Å². The van der Waals surface area contributed by atoms with E-state index in [-0.39, 0.29) is 6.42 Å². The Bertz CT molecular complexity index is 891. The quantitative estimate of drug-likeness (QED) is 0.724. The Balaban J connectivity index is 1.59. The van der Waals surface area contributed by atoms with Crippen molar-refractivity contribution in [1.82, 2.24) is 9.97 Å². The molecule has 0 spiro atoms. The summed E-state index contributed by atoms with van der Waals surface area (Å²) in [5.41, 5.74) is 1.77. The van der Waals surface area contributed by atoms with Crippen molar-refractivity contribution in [1.29, 1.82) is 0 Å². The molecule has 0 atom stereocenters. The van der Waals surface area contributed by atoms with Gasteiger partial charge in [0.2, 0.25) is 11.8 Å². The largest absolute Gasteiger partial charge is 0.310 e. The Labute approximate surface area is 138 Å². The number of fused-ring (bicyclic) bond motifs is 1. The fourth-order valence-corrected chi connectivity index (χ4v) is 2.20. The van der Waals surface area contributed by atoms with E-state index >= 15 is 0 Å². The number of pyridine rings is 2. The molecule has 1 aromatic carbocycles. The Kier molecular flexibility index (Phi) is 4.47. The summed E-state index contributed by atoms with van der Waals surface area (Å²) in [6, 6.07) is 14.7. The number of carbonyl (C=O) groups excluding carboxylic acids is 2. The number of para-hydroxylation sites is 1. The van der Waals surface area contributed by atoms with Crippen LogP contribution in [0.25, 0.3) is 10.9 Å². The summed E-state index contributed by atoms with van der Waals surface area (Å²) in [5, 5.41) is 6.20. The zero-order chi connectivity index (χ0) is 16.9. The van der Waals surface area contributed by atoms with Crippen LogP contribution in [0.3, 0.4) is 0 Å². The van der Waals surface area contributed by atoms with Crippen molar-refractivity contribution >= 4 is 34.4 Å². The number of hydrogen-bond donors (Lipinski definition) is 2. The van der Waals surface area contributed by atoms with E-state index in [9.17, 15) is 9.59 Å². The first kappa shape index (κ1) is 15.6. The van der Waals surface area contributed by atoms with E-state index in [1.807, 2.05) is 43.3 Å². The minimum atomic E-state index is -0.428. The highest BCUT2D eigenvalue weighted by Crippen LogP contribution is 2.14. The molecule has 2 N–H and O–H groups in total. The molecule has 6 heteroatoms. The van der Waals surface area contributed by atoms with Crippen LogP contribution in [-0.2, 0) is 9.59 Å². The van der Waals surface area contributed by atoms with Gasteiger partial charge in [0, 0.05) is 11.6 Å². The first-order valence-corrected chi connectivity index (χ1v) is 7.48. The molecule has 0 saturated carbocycles. The molecule has 120 valence electrons. The molecular weight excluding hydrogens is 304 g/mol. The molecule has 0 fully saturated rings. The summed E-state index contributed by atoms with van der Waals surface area (Å²) >= 11 is 0. The molecule has 24 heavy (non-hydrogen) atoms. The number of carbonyl (C=O) groups is 2. The van der Waals surface area contributed by atoms with Crippen molar-refractivity contribution in [3.63, 3.8) is 0 Å². The maximum absolute atomic E-state index is 12.0. The third-order valence-electron chi connectivity index (χ3n) is 3.37. The first-order chi connectivity index (χ1) is 11.6. The smallest absolute Gasteiger partial charge is 0.234 e. The second-order valence-electron chi connectivity index (χ2n) is 5.38. The minimum absolute atomic E-state index is 0.302. The van der Waals surface area contributed by atoms with Crippen LogP contribution in [0.1, 0.15) is 12.0 Å². The normalized spacial score (nSPS) is 10.4. The van der Waals surface area contributed by atoms with Gasteiger partial charge >= 0.3 is 0 Å². The summed E-state index contributed by atoms with van der Waals surface area (Å²) in [5.74, 6) is -0.0192. The van der Waals surface area contributed by atoms with Crippen molar-refractivity contribution in [2.24, 2.45) is 0 Å². The van der Waals surface area contributed by atoms with E-state index in [1.165, 1.54) is 0 Å². The van der Waals surface area contributed by atoms with Gasteiger partial charge in [-0.25, -0.2) is 9.97 Å². The lowest BCUT2D eigenvalue weighted by Crippen LogP contribution is -2.22. The predicted molar refractivity (Wildman–Crippen MR) is 92.6 cm³/mol. The third kappa shape index (κ3) is 3.92. The highest BCUT2D eigenvalue weighted by molar-refractivity contribution is 6.07. The summed E-state index contributed by atoms with van der Waals surface area (Å²) in [7, 11) is 0. The number of aromatic nitrogens is 2. The second-order valence-corrected chi connectivity index (χ2v) is 5.38. The van der Waals surface area contributed by atoms with Gasteiger partial charge in [-0.05, 0) is 36.8 Å². The van der Waals surface area contributed by atoms with Gasteiger partial charge in [0.05, 0.1) is 5.52 Å². The fraction of sp³-hybridized carbons (Fsp3) is 0.111. The van der Waals surface area contributed by atoms with Crippen LogP contribution in [0.15, 0.2) is 54.7 Å². The number of aryl methyl sites for hydroxylation is 1. The molecule has 0 bridgehead atoms. The van der Waals surface area contributed by atoms with Gasteiger partial charge in [-0.15, -0.1) is 0 Å². The molecule has 0 saturated heterocycles. The summed E-state index contributed by atoms with van der Waals surface area (Å²) < 4.78 is 0. The number of anilines is 2. The number of benzene rings is 1. The maximum Gasteiger partial charge on any atom is 0.234 e. The highest BCUT2D eigenvalue weighted by atomic mass is 16.2. The third-order valence-corrected chi connectivity index (χ3v) is 3.37. The lowest BCUT2D eigenvalue weighted by Gasteiger charge is -2.06. The van der Waals surface area contributed by atoms with Gasteiger partial charge in [0.15, 0.2) is 0 Å². The molecule has 0 unspecified atom stereocenters. The van der Waals surface area contributed by atoms with Crippen LogP contribution in [-0.4, -0.2) is 21.8 Å². The monoisotopic (exact) mass is 320 g/mol. The Hall–Kier alpha value is -3.28. The van der Waals surface area contributed by atoms with Crippen LogP contribution in [0, 0.1) is 6.92 Å². The van der Waals surface area contributed by atoms with Crippen LogP contribution >= 0.6 is 0 Å². The van der Waals surface area contributed by atoms with E-state index in [0.717, 1.165) is 16.5 Å². The fourth-order valence-electron chi connectivity index (χ4n) is 2.20. The molecule has 2 heterocycles. The molecule has 6 nitrogen and oxygen atoms in total. The molecule has 0 radical (unpaired) electrons. The van der Waals surface area contributed by atoms with Gasteiger partial charge in [0.25, 0.3) is 0 Å². The number of amides is 2. The SMILES string of the molecule is Cc1ccc(NC(=O)CC(=O)Nc2ccc3ccccc3n2)nc1. The van der Waals surface area contributed by atoms with E-state index in [4.69, 9.17) is 0 Å².